The van der Waals surface area contributed by atoms with Crippen LogP contribution in [0.3, 0.4) is 0 Å². The minimum absolute atomic E-state index is 0.504. The van der Waals surface area contributed by atoms with E-state index in [1.54, 1.807) is 122 Å². The van der Waals surface area contributed by atoms with Gasteiger partial charge in [0.2, 0.25) is 0 Å². The van der Waals surface area contributed by atoms with Gasteiger partial charge < -0.3 is 10.6 Å². The fourth-order valence-electron chi connectivity index (χ4n) is 17.5. The molecule has 368 valence electrons. The van der Waals surface area contributed by atoms with Gasteiger partial charge in [0.1, 0.15) is 0 Å². The molecule has 8 saturated carbocycles. The van der Waals surface area contributed by atoms with Crippen molar-refractivity contribution in [3.63, 3.8) is 0 Å². The first-order chi connectivity index (χ1) is 30.4. The molecule has 2 bridgehead atoms. The maximum absolute atomic E-state index is 5.76. The van der Waals surface area contributed by atoms with Crippen LogP contribution in [0, 0.1) is 93.7 Å². The van der Waals surface area contributed by atoms with Gasteiger partial charge in [-0.2, -0.15) is 0 Å². The van der Waals surface area contributed by atoms with Crippen molar-refractivity contribution in [2.24, 2.45) is 99.4 Å². The molecular formula is C61H114N2. The Morgan fingerprint density at radius 3 is 1.32 bits per heavy atom. The first kappa shape index (κ1) is 52.3. The standard InChI is InChI=1S/C29H50.C15H30N2.C15H28.C2H6/c1-21-25-19-17-24-18-20-27(23-13-7-3-8-14-23)28(29(21)24)16-10-4-9-15-26(25)22-11-5-2-6-12-22;1-15(2,3)13-4-5-14(10-13)17-8-6-12(11-16)7-9-17;1-15(2,3)14-10-9-13(11-14)12-7-5-4-6-8-12;1-2/h21-29H,2-20H2,1H3;12-14H,4-11,16H2,1-3H3;12-14H,4-11H2,1-3H3;1-2H3. The summed E-state index contributed by atoms with van der Waals surface area (Å²) in [5.74, 6) is 14.8. The highest BCUT2D eigenvalue weighted by molar-refractivity contribution is 4.99. The van der Waals surface area contributed by atoms with Gasteiger partial charge in [-0.15, -0.1) is 0 Å². The SMILES string of the molecule is CC.CC(C)(C)C1CCC(C2CCCCC2)C1.CC(C)(C)C1CCC(N2CCC(CN)CC2)C1.CC1C2CCC3CCC(C4CCCCC4)C(CCCCCC2C2CCCCC2)C31. The van der Waals surface area contributed by atoms with E-state index in [4.69, 9.17) is 5.73 Å². The normalized spacial score (nSPS) is 38.3. The Kier molecular flexibility index (Phi) is 21.2. The van der Waals surface area contributed by atoms with Gasteiger partial charge in [-0.25, -0.2) is 0 Å². The van der Waals surface area contributed by atoms with Crippen LogP contribution in [0.4, 0.5) is 0 Å². The molecule has 63 heavy (non-hydrogen) atoms. The summed E-state index contributed by atoms with van der Waals surface area (Å²) in [6.07, 6.45) is 49.0. The highest BCUT2D eigenvalue weighted by atomic mass is 15.2. The third-order valence-electron chi connectivity index (χ3n) is 21.4. The van der Waals surface area contributed by atoms with Crippen molar-refractivity contribution in [3.05, 3.63) is 0 Å². The summed E-state index contributed by atoms with van der Waals surface area (Å²) < 4.78 is 0. The number of hydrogen-bond acceptors (Lipinski definition) is 2. The summed E-state index contributed by atoms with van der Waals surface area (Å²) >= 11 is 0. The smallest absolute Gasteiger partial charge is 0.00982 e. The molecule has 2 heteroatoms. The molecule has 1 saturated heterocycles. The second kappa shape index (κ2) is 25.5. The largest absolute Gasteiger partial charge is 0.330 e. The lowest BCUT2D eigenvalue weighted by Gasteiger charge is -2.56. The van der Waals surface area contributed by atoms with E-state index in [0.29, 0.717) is 10.8 Å². The Hall–Kier alpha value is -0.0800. The fraction of sp³-hybridized carbons (Fsp3) is 1.00. The maximum Gasteiger partial charge on any atom is 0.00982 e. The molecule has 11 atom stereocenters. The van der Waals surface area contributed by atoms with Crippen LogP contribution in [0.15, 0.2) is 0 Å². The summed E-state index contributed by atoms with van der Waals surface area (Å²) in [6.45, 7) is 24.8. The van der Waals surface area contributed by atoms with Crippen LogP contribution in [0.25, 0.3) is 0 Å². The summed E-state index contributed by atoms with van der Waals surface area (Å²) in [6, 6.07) is 0.873. The predicted molar refractivity (Wildman–Crippen MR) is 277 cm³/mol. The minimum atomic E-state index is 0.504. The lowest BCUT2D eigenvalue weighted by molar-refractivity contribution is -0.0640. The Morgan fingerprint density at radius 1 is 0.397 bits per heavy atom. The van der Waals surface area contributed by atoms with Crippen molar-refractivity contribution in [2.45, 2.75) is 274 Å². The molecule has 0 amide bonds. The molecule has 1 heterocycles. The molecule has 0 aromatic carbocycles. The van der Waals surface area contributed by atoms with Crippen molar-refractivity contribution in [3.8, 4) is 0 Å². The second-order valence-electron chi connectivity index (χ2n) is 26.7. The molecule has 8 aliphatic carbocycles. The molecule has 2 N–H and O–H groups in total. The van der Waals surface area contributed by atoms with Gasteiger partial charge in [-0.05, 0) is 203 Å². The number of hydrogen-bond donors (Lipinski definition) is 1. The first-order valence-corrected chi connectivity index (χ1v) is 29.8. The fourth-order valence-corrected chi connectivity index (χ4v) is 17.5. The molecule has 0 aromatic heterocycles. The monoisotopic (exact) mass is 875 g/mol. The predicted octanol–water partition coefficient (Wildman–Crippen LogP) is 18.0. The molecule has 0 radical (unpaired) electrons. The Morgan fingerprint density at radius 2 is 0.825 bits per heavy atom. The Bertz CT molecular complexity index is 1220. The quantitative estimate of drug-likeness (QED) is 0.298. The molecule has 1 aliphatic heterocycles. The third-order valence-corrected chi connectivity index (χ3v) is 21.4. The number of rotatable bonds is 5. The number of fused-ring (bicyclic) bond motifs is 1. The van der Waals surface area contributed by atoms with Gasteiger partial charge in [-0.3, -0.25) is 0 Å². The molecular weight excluding hydrogens is 761 g/mol. The summed E-state index contributed by atoms with van der Waals surface area (Å²) in [5.41, 5.74) is 6.83. The zero-order chi connectivity index (χ0) is 45.0. The zero-order valence-corrected chi connectivity index (χ0v) is 44.4. The molecule has 9 rings (SSSR count). The van der Waals surface area contributed by atoms with Gasteiger partial charge in [0.25, 0.3) is 0 Å². The van der Waals surface area contributed by atoms with Crippen LogP contribution in [0.1, 0.15) is 268 Å². The van der Waals surface area contributed by atoms with Crippen LogP contribution in [0.2, 0.25) is 0 Å². The van der Waals surface area contributed by atoms with Crippen LogP contribution in [-0.4, -0.2) is 30.6 Å². The lowest BCUT2D eigenvalue weighted by atomic mass is 9.50. The van der Waals surface area contributed by atoms with Crippen LogP contribution in [0.5, 0.6) is 0 Å². The van der Waals surface area contributed by atoms with Gasteiger partial charge in [-0.1, -0.05) is 178 Å². The van der Waals surface area contributed by atoms with E-state index in [-0.39, 0.29) is 0 Å². The van der Waals surface area contributed by atoms with Crippen molar-refractivity contribution in [1.29, 1.82) is 0 Å². The summed E-state index contributed by atoms with van der Waals surface area (Å²) in [5, 5.41) is 0. The van der Waals surface area contributed by atoms with E-state index in [1.807, 2.05) is 13.8 Å². The number of likely N-dealkylation sites (tertiary alicyclic amines) is 1. The van der Waals surface area contributed by atoms with E-state index < -0.39 is 0 Å². The van der Waals surface area contributed by atoms with Gasteiger partial charge in [0.15, 0.2) is 0 Å². The topological polar surface area (TPSA) is 29.3 Å². The number of nitrogens with two attached hydrogens (primary N) is 1. The van der Waals surface area contributed by atoms with Crippen molar-refractivity contribution >= 4 is 0 Å². The highest BCUT2D eigenvalue weighted by Crippen LogP contribution is 2.58. The minimum Gasteiger partial charge on any atom is -0.330 e. The summed E-state index contributed by atoms with van der Waals surface area (Å²) in [7, 11) is 0. The molecule has 0 spiro atoms. The van der Waals surface area contributed by atoms with Gasteiger partial charge in [0, 0.05) is 6.04 Å². The average molecular weight is 876 g/mol. The van der Waals surface area contributed by atoms with Crippen LogP contribution in [-0.2, 0) is 0 Å². The Balaban J connectivity index is 0.000000166. The maximum atomic E-state index is 5.76. The molecule has 9 aliphatic rings. The van der Waals surface area contributed by atoms with E-state index in [9.17, 15) is 0 Å². The average Bonchev–Trinajstić information content (AvgIpc) is 4.03. The number of piperidine rings is 1. The Labute approximate surface area is 396 Å². The van der Waals surface area contributed by atoms with Crippen molar-refractivity contribution in [2.75, 3.05) is 19.6 Å². The van der Waals surface area contributed by atoms with E-state index >= 15 is 0 Å². The molecule has 0 aromatic rings. The van der Waals surface area contributed by atoms with E-state index in [0.717, 1.165) is 95.4 Å². The van der Waals surface area contributed by atoms with Gasteiger partial charge >= 0.3 is 0 Å². The second-order valence-corrected chi connectivity index (χ2v) is 26.7. The summed E-state index contributed by atoms with van der Waals surface area (Å²) in [4.78, 5) is 2.75. The van der Waals surface area contributed by atoms with Crippen molar-refractivity contribution < 1.29 is 0 Å². The number of nitrogens with zero attached hydrogens (tertiary/aromatic N) is 1. The lowest BCUT2D eigenvalue weighted by Crippen LogP contribution is -2.48. The zero-order valence-electron chi connectivity index (χ0n) is 44.4. The van der Waals surface area contributed by atoms with Crippen molar-refractivity contribution in [1.82, 2.24) is 4.90 Å². The van der Waals surface area contributed by atoms with Crippen LogP contribution >= 0.6 is 0 Å². The highest BCUT2D eigenvalue weighted by Gasteiger charge is 2.50. The van der Waals surface area contributed by atoms with Gasteiger partial charge in [0.05, 0.1) is 0 Å². The first-order valence-electron chi connectivity index (χ1n) is 29.8. The van der Waals surface area contributed by atoms with Crippen LogP contribution < -0.4 is 5.73 Å². The molecule has 2 nitrogen and oxygen atoms in total. The van der Waals surface area contributed by atoms with E-state index in [2.05, 4.69) is 53.4 Å². The molecule has 9 fully saturated rings. The third kappa shape index (κ3) is 14.5. The van der Waals surface area contributed by atoms with E-state index in [1.165, 1.54) is 96.6 Å². The molecule has 11 unspecified atom stereocenters.